The van der Waals surface area contributed by atoms with Gasteiger partial charge in [-0.3, -0.25) is 0 Å². The molecule has 0 aliphatic carbocycles. The number of rotatable bonds is 3. The number of ether oxygens (including phenoxy) is 1. The molecule has 1 heterocycles. The van der Waals surface area contributed by atoms with Gasteiger partial charge in [-0.1, -0.05) is 0 Å². The van der Waals surface area contributed by atoms with Crippen LogP contribution in [0.4, 0.5) is 5.69 Å². The van der Waals surface area contributed by atoms with Crippen molar-refractivity contribution in [1.29, 1.82) is 0 Å². The van der Waals surface area contributed by atoms with Gasteiger partial charge >= 0.3 is 0 Å². The second-order valence-electron chi connectivity index (χ2n) is 4.15. The number of nitrogen functional groups attached to an aromatic ring is 1. The van der Waals surface area contributed by atoms with E-state index in [1.807, 2.05) is 23.9 Å². The molecule has 2 atom stereocenters. The second kappa shape index (κ2) is 5.43. The van der Waals surface area contributed by atoms with Gasteiger partial charge in [0.05, 0.1) is 12.2 Å². The summed E-state index contributed by atoms with van der Waals surface area (Å²) >= 11 is 5.35. The highest BCUT2D eigenvalue weighted by Crippen LogP contribution is 2.32. The Balaban J connectivity index is 1.89. The molecular weight excluding hydrogens is 286 g/mol. The molecule has 1 aromatic rings. The van der Waals surface area contributed by atoms with E-state index >= 15 is 0 Å². The van der Waals surface area contributed by atoms with Gasteiger partial charge in [-0.15, -0.1) is 11.8 Å². The van der Waals surface area contributed by atoms with E-state index < -0.39 is 0 Å². The number of anilines is 1. The maximum atomic E-state index is 5.79. The SMILES string of the molecule is CC1CCC(CSc2ccc(N)cc2Br)O1. The lowest BCUT2D eigenvalue weighted by Crippen LogP contribution is -2.10. The standard InChI is InChI=1S/C12H16BrNOS/c1-8-2-4-10(15-8)7-16-12-5-3-9(14)6-11(12)13/h3,5-6,8,10H,2,4,7,14H2,1H3. The van der Waals surface area contributed by atoms with Gasteiger partial charge < -0.3 is 10.5 Å². The number of thioether (sulfide) groups is 1. The first kappa shape index (κ1) is 12.3. The molecule has 4 heteroatoms. The van der Waals surface area contributed by atoms with Crippen molar-refractivity contribution in [3.05, 3.63) is 22.7 Å². The summed E-state index contributed by atoms with van der Waals surface area (Å²) in [6.07, 6.45) is 3.21. The van der Waals surface area contributed by atoms with Gasteiger partial charge in [-0.25, -0.2) is 0 Å². The highest BCUT2D eigenvalue weighted by atomic mass is 79.9. The minimum atomic E-state index is 0.407. The molecule has 2 unspecified atom stereocenters. The van der Waals surface area contributed by atoms with Gasteiger partial charge in [0.15, 0.2) is 0 Å². The predicted molar refractivity (Wildman–Crippen MR) is 72.8 cm³/mol. The quantitative estimate of drug-likeness (QED) is 0.683. The lowest BCUT2D eigenvalue weighted by molar-refractivity contribution is 0.0700. The first-order chi connectivity index (χ1) is 7.65. The molecule has 0 amide bonds. The summed E-state index contributed by atoms with van der Waals surface area (Å²) in [5.74, 6) is 1.02. The van der Waals surface area contributed by atoms with Crippen LogP contribution in [0.15, 0.2) is 27.6 Å². The number of nitrogens with two attached hydrogens (primary N) is 1. The number of benzene rings is 1. The zero-order chi connectivity index (χ0) is 11.5. The van der Waals surface area contributed by atoms with Crippen LogP contribution in [0.3, 0.4) is 0 Å². The molecule has 2 N–H and O–H groups in total. The van der Waals surface area contributed by atoms with Crippen LogP contribution in [0.1, 0.15) is 19.8 Å². The van der Waals surface area contributed by atoms with Crippen LogP contribution in [-0.2, 0) is 4.74 Å². The Labute approximate surface area is 109 Å². The molecule has 1 aliphatic heterocycles. The summed E-state index contributed by atoms with van der Waals surface area (Å²) in [7, 11) is 0. The highest BCUT2D eigenvalue weighted by Gasteiger charge is 2.21. The molecule has 0 saturated carbocycles. The fourth-order valence-electron chi connectivity index (χ4n) is 1.82. The van der Waals surface area contributed by atoms with Crippen LogP contribution in [0.2, 0.25) is 0 Å². The van der Waals surface area contributed by atoms with Gasteiger partial charge in [0, 0.05) is 20.8 Å². The molecule has 2 rings (SSSR count). The van der Waals surface area contributed by atoms with Crippen molar-refractivity contribution < 1.29 is 4.74 Å². The molecule has 16 heavy (non-hydrogen) atoms. The molecule has 1 fully saturated rings. The van der Waals surface area contributed by atoms with Gasteiger partial charge in [0.25, 0.3) is 0 Å². The van der Waals surface area contributed by atoms with Gasteiger partial charge in [-0.2, -0.15) is 0 Å². The molecule has 1 aromatic carbocycles. The van der Waals surface area contributed by atoms with Crippen LogP contribution in [0.25, 0.3) is 0 Å². The third kappa shape index (κ3) is 3.15. The van der Waals surface area contributed by atoms with Crippen molar-refractivity contribution in [3.63, 3.8) is 0 Å². The maximum Gasteiger partial charge on any atom is 0.0673 e. The minimum absolute atomic E-state index is 0.407. The van der Waals surface area contributed by atoms with Crippen LogP contribution < -0.4 is 5.73 Å². The maximum absolute atomic E-state index is 5.79. The fourth-order valence-corrected chi connectivity index (χ4v) is 3.54. The van der Waals surface area contributed by atoms with E-state index in [-0.39, 0.29) is 0 Å². The van der Waals surface area contributed by atoms with Gasteiger partial charge in [0.2, 0.25) is 0 Å². The van der Waals surface area contributed by atoms with Crippen molar-refractivity contribution in [2.45, 2.75) is 36.9 Å². The van der Waals surface area contributed by atoms with Crippen LogP contribution in [0, 0.1) is 0 Å². The van der Waals surface area contributed by atoms with E-state index in [1.54, 1.807) is 0 Å². The molecule has 2 nitrogen and oxygen atoms in total. The van der Waals surface area contributed by atoms with Crippen LogP contribution in [-0.4, -0.2) is 18.0 Å². The van der Waals surface area contributed by atoms with Crippen molar-refractivity contribution >= 4 is 33.4 Å². The number of hydrogen-bond donors (Lipinski definition) is 1. The monoisotopic (exact) mass is 301 g/mol. The minimum Gasteiger partial charge on any atom is -0.399 e. The molecule has 0 spiro atoms. The summed E-state index contributed by atoms with van der Waals surface area (Å²) in [5, 5.41) is 0. The summed E-state index contributed by atoms with van der Waals surface area (Å²) in [6.45, 7) is 2.14. The summed E-state index contributed by atoms with van der Waals surface area (Å²) < 4.78 is 6.86. The molecule has 88 valence electrons. The third-order valence-corrected chi connectivity index (χ3v) is 4.82. The molecule has 0 aromatic heterocycles. The number of halogens is 1. The van der Waals surface area contributed by atoms with E-state index in [1.165, 1.54) is 17.7 Å². The molecule has 1 aliphatic rings. The van der Waals surface area contributed by atoms with E-state index in [0.717, 1.165) is 15.9 Å². The Morgan fingerprint density at radius 2 is 2.31 bits per heavy atom. The smallest absolute Gasteiger partial charge is 0.0673 e. The largest absolute Gasteiger partial charge is 0.399 e. The van der Waals surface area contributed by atoms with Crippen LogP contribution in [0.5, 0.6) is 0 Å². The van der Waals surface area contributed by atoms with Crippen molar-refractivity contribution in [2.75, 3.05) is 11.5 Å². The summed E-state index contributed by atoms with van der Waals surface area (Å²) in [4.78, 5) is 1.23. The Morgan fingerprint density at radius 1 is 1.50 bits per heavy atom. The average molecular weight is 302 g/mol. The first-order valence-electron chi connectivity index (χ1n) is 5.48. The van der Waals surface area contributed by atoms with Gasteiger partial charge in [0.1, 0.15) is 0 Å². The van der Waals surface area contributed by atoms with E-state index in [9.17, 15) is 0 Å². The van der Waals surface area contributed by atoms with E-state index in [4.69, 9.17) is 10.5 Å². The average Bonchev–Trinajstić information content (AvgIpc) is 2.63. The Morgan fingerprint density at radius 3 is 2.94 bits per heavy atom. The fraction of sp³-hybridized carbons (Fsp3) is 0.500. The lowest BCUT2D eigenvalue weighted by atomic mass is 10.2. The van der Waals surface area contributed by atoms with Gasteiger partial charge in [-0.05, 0) is 53.9 Å². The van der Waals surface area contributed by atoms with Crippen molar-refractivity contribution in [2.24, 2.45) is 0 Å². The van der Waals surface area contributed by atoms with Crippen molar-refractivity contribution in [3.8, 4) is 0 Å². The zero-order valence-electron chi connectivity index (χ0n) is 9.28. The molecular formula is C12H16BrNOS. The summed E-state index contributed by atoms with van der Waals surface area (Å²) in [5.41, 5.74) is 6.49. The molecule has 0 bridgehead atoms. The Bertz CT molecular complexity index is 372. The Kier molecular flexibility index (Phi) is 4.16. The zero-order valence-corrected chi connectivity index (χ0v) is 11.7. The normalized spacial score (nSPS) is 24.9. The first-order valence-corrected chi connectivity index (χ1v) is 7.26. The second-order valence-corrected chi connectivity index (χ2v) is 6.06. The molecule has 1 saturated heterocycles. The van der Waals surface area contributed by atoms with E-state index in [0.29, 0.717) is 12.2 Å². The summed E-state index contributed by atoms with van der Waals surface area (Å²) in [6, 6.07) is 5.94. The third-order valence-electron chi connectivity index (χ3n) is 2.70. The predicted octanol–water partition coefficient (Wildman–Crippen LogP) is 3.69. The Hall–Kier alpha value is -0.190. The van der Waals surface area contributed by atoms with Crippen LogP contribution >= 0.6 is 27.7 Å². The highest BCUT2D eigenvalue weighted by molar-refractivity contribution is 9.10. The topological polar surface area (TPSA) is 35.2 Å². The number of hydrogen-bond acceptors (Lipinski definition) is 3. The lowest BCUT2D eigenvalue weighted by Gasteiger charge is -2.11. The van der Waals surface area contributed by atoms with E-state index in [2.05, 4.69) is 28.9 Å². The van der Waals surface area contributed by atoms with Crippen molar-refractivity contribution in [1.82, 2.24) is 0 Å². The molecule has 0 radical (unpaired) electrons.